The topological polar surface area (TPSA) is 86.3 Å². The average molecular weight is 297 g/mol. The molecule has 118 valence electrons. The number of hydrazine groups is 1. The van der Waals surface area contributed by atoms with Gasteiger partial charge in [-0.15, -0.1) is 0 Å². The molecule has 21 heavy (non-hydrogen) atoms. The van der Waals surface area contributed by atoms with Gasteiger partial charge in [-0.25, -0.2) is 0 Å². The number of carbonyl (C=O) groups excluding carboxylic acids is 2. The minimum absolute atomic E-state index is 0.145. The Morgan fingerprint density at radius 1 is 1.33 bits per heavy atom. The van der Waals surface area contributed by atoms with Gasteiger partial charge in [0, 0.05) is 38.7 Å². The third kappa shape index (κ3) is 4.98. The first-order valence-electron chi connectivity index (χ1n) is 7.21. The fourth-order valence-electron chi connectivity index (χ4n) is 2.54. The van der Waals surface area contributed by atoms with Crippen molar-refractivity contribution in [2.24, 2.45) is 5.10 Å². The molecule has 0 aliphatic carbocycles. The van der Waals surface area contributed by atoms with E-state index in [-0.39, 0.29) is 24.4 Å². The summed E-state index contributed by atoms with van der Waals surface area (Å²) in [5.41, 5.74) is 5.68. The molecular formula is C13H23N5O3. The standard InChI is InChI=1S/C13H23N5O3/c1-10-7-12(8-17-3-5-21-6-4-17)18(16-10)9-13(20)15-14-11(2)19/h12H,3-9H2,1-2H3,(H,14,19)(H,15,20). The van der Waals surface area contributed by atoms with E-state index >= 15 is 0 Å². The first-order chi connectivity index (χ1) is 10.0. The van der Waals surface area contributed by atoms with Crippen LogP contribution in [0.4, 0.5) is 0 Å². The molecule has 1 atom stereocenters. The summed E-state index contributed by atoms with van der Waals surface area (Å²) in [7, 11) is 0. The van der Waals surface area contributed by atoms with Crippen LogP contribution in [0.15, 0.2) is 5.10 Å². The van der Waals surface area contributed by atoms with Crippen molar-refractivity contribution in [3.05, 3.63) is 0 Å². The zero-order valence-corrected chi connectivity index (χ0v) is 12.6. The average Bonchev–Trinajstić information content (AvgIpc) is 2.77. The Labute approximate surface area is 124 Å². The zero-order chi connectivity index (χ0) is 15.2. The molecule has 0 aromatic rings. The van der Waals surface area contributed by atoms with E-state index in [0.717, 1.165) is 45.0 Å². The van der Waals surface area contributed by atoms with Gasteiger partial charge in [0.25, 0.3) is 5.91 Å². The van der Waals surface area contributed by atoms with E-state index in [9.17, 15) is 9.59 Å². The summed E-state index contributed by atoms with van der Waals surface area (Å²) in [5.74, 6) is -0.565. The maximum atomic E-state index is 11.8. The number of hydrazone groups is 1. The van der Waals surface area contributed by atoms with E-state index in [4.69, 9.17) is 4.74 Å². The molecule has 1 saturated heterocycles. The predicted octanol–water partition coefficient (Wildman–Crippen LogP) is -1.06. The third-order valence-electron chi connectivity index (χ3n) is 3.51. The smallest absolute Gasteiger partial charge is 0.259 e. The lowest BCUT2D eigenvalue weighted by Crippen LogP contribution is -2.49. The molecule has 2 rings (SSSR count). The molecule has 0 spiro atoms. The highest BCUT2D eigenvalue weighted by molar-refractivity contribution is 5.85. The van der Waals surface area contributed by atoms with Crippen molar-refractivity contribution in [1.29, 1.82) is 0 Å². The van der Waals surface area contributed by atoms with Crippen molar-refractivity contribution in [2.75, 3.05) is 39.4 Å². The Kier molecular flexibility index (Phi) is 5.51. The van der Waals surface area contributed by atoms with Crippen LogP contribution in [-0.4, -0.2) is 72.9 Å². The molecule has 0 saturated carbocycles. The summed E-state index contributed by atoms with van der Waals surface area (Å²) in [5, 5.41) is 6.23. The molecule has 2 amide bonds. The van der Waals surface area contributed by atoms with Gasteiger partial charge in [-0.05, 0) is 6.92 Å². The van der Waals surface area contributed by atoms with Crippen molar-refractivity contribution in [2.45, 2.75) is 26.3 Å². The maximum absolute atomic E-state index is 11.8. The van der Waals surface area contributed by atoms with Crippen LogP contribution in [0.3, 0.4) is 0 Å². The SMILES string of the molecule is CC(=O)NNC(=O)CN1N=C(C)CC1CN1CCOCC1. The maximum Gasteiger partial charge on any atom is 0.259 e. The molecule has 0 aromatic carbocycles. The summed E-state index contributed by atoms with van der Waals surface area (Å²) in [6.07, 6.45) is 0.866. The summed E-state index contributed by atoms with van der Waals surface area (Å²) < 4.78 is 5.34. The molecule has 0 aromatic heterocycles. The molecule has 1 unspecified atom stereocenters. The normalized spacial score (nSPS) is 22.9. The number of hydrogen-bond donors (Lipinski definition) is 2. The third-order valence-corrected chi connectivity index (χ3v) is 3.51. The van der Waals surface area contributed by atoms with Gasteiger partial charge >= 0.3 is 0 Å². The molecular weight excluding hydrogens is 274 g/mol. The Morgan fingerprint density at radius 3 is 2.71 bits per heavy atom. The fraction of sp³-hybridized carbons (Fsp3) is 0.769. The molecule has 8 heteroatoms. The number of hydrogen-bond acceptors (Lipinski definition) is 6. The van der Waals surface area contributed by atoms with Crippen LogP contribution >= 0.6 is 0 Å². The van der Waals surface area contributed by atoms with Crippen molar-refractivity contribution in [3.8, 4) is 0 Å². The van der Waals surface area contributed by atoms with Gasteiger partial charge in [-0.2, -0.15) is 5.10 Å². The monoisotopic (exact) mass is 297 g/mol. The minimum Gasteiger partial charge on any atom is -0.379 e. The second kappa shape index (κ2) is 7.37. The van der Waals surface area contributed by atoms with Crippen molar-refractivity contribution < 1.29 is 14.3 Å². The fourth-order valence-corrected chi connectivity index (χ4v) is 2.54. The highest BCUT2D eigenvalue weighted by Crippen LogP contribution is 2.16. The molecule has 0 radical (unpaired) electrons. The zero-order valence-electron chi connectivity index (χ0n) is 12.6. The van der Waals surface area contributed by atoms with Gasteiger partial charge in [-0.3, -0.25) is 30.3 Å². The summed E-state index contributed by atoms with van der Waals surface area (Å²) in [4.78, 5) is 24.9. The van der Waals surface area contributed by atoms with E-state index in [2.05, 4.69) is 20.9 Å². The van der Waals surface area contributed by atoms with E-state index in [1.54, 1.807) is 0 Å². The number of morpholine rings is 1. The highest BCUT2D eigenvalue weighted by atomic mass is 16.5. The Morgan fingerprint density at radius 2 is 2.05 bits per heavy atom. The van der Waals surface area contributed by atoms with E-state index in [0.29, 0.717) is 0 Å². The number of amides is 2. The molecule has 1 fully saturated rings. The second-order valence-corrected chi connectivity index (χ2v) is 5.43. The van der Waals surface area contributed by atoms with Crippen molar-refractivity contribution in [1.82, 2.24) is 20.8 Å². The van der Waals surface area contributed by atoms with Gasteiger partial charge in [0.2, 0.25) is 5.91 Å². The largest absolute Gasteiger partial charge is 0.379 e. The lowest BCUT2D eigenvalue weighted by molar-refractivity contribution is -0.128. The van der Waals surface area contributed by atoms with Gasteiger partial charge in [0.05, 0.1) is 19.3 Å². The molecule has 2 aliphatic heterocycles. The molecule has 2 aliphatic rings. The van der Waals surface area contributed by atoms with Gasteiger partial charge in [-0.1, -0.05) is 0 Å². The van der Waals surface area contributed by atoms with Gasteiger partial charge in [0.15, 0.2) is 0 Å². The van der Waals surface area contributed by atoms with E-state index in [1.165, 1.54) is 6.92 Å². The first-order valence-corrected chi connectivity index (χ1v) is 7.21. The Hall–Kier alpha value is -1.67. The quantitative estimate of drug-likeness (QED) is 0.646. The first kappa shape index (κ1) is 15.7. The number of rotatable bonds is 4. The molecule has 2 heterocycles. The van der Waals surface area contributed by atoms with E-state index < -0.39 is 0 Å². The van der Waals surface area contributed by atoms with Gasteiger partial charge in [0.1, 0.15) is 6.54 Å². The number of carbonyl (C=O) groups is 2. The number of nitrogens with one attached hydrogen (secondary N) is 2. The second-order valence-electron chi connectivity index (χ2n) is 5.43. The van der Waals surface area contributed by atoms with Gasteiger partial charge < -0.3 is 4.74 Å². The van der Waals surface area contributed by atoms with Crippen LogP contribution in [0, 0.1) is 0 Å². The number of nitrogens with zero attached hydrogens (tertiary/aromatic N) is 3. The summed E-state index contributed by atoms with van der Waals surface area (Å²) >= 11 is 0. The molecule has 2 N–H and O–H groups in total. The van der Waals surface area contributed by atoms with Crippen LogP contribution in [0.25, 0.3) is 0 Å². The van der Waals surface area contributed by atoms with Crippen LogP contribution in [0.5, 0.6) is 0 Å². The lowest BCUT2D eigenvalue weighted by Gasteiger charge is -2.32. The summed E-state index contributed by atoms with van der Waals surface area (Å²) in [6, 6.07) is 0.200. The minimum atomic E-state index is -0.297. The summed E-state index contributed by atoms with van der Waals surface area (Å²) in [6.45, 7) is 7.69. The van der Waals surface area contributed by atoms with Crippen molar-refractivity contribution >= 4 is 17.5 Å². The Bertz CT molecular complexity index is 420. The van der Waals surface area contributed by atoms with Crippen molar-refractivity contribution in [3.63, 3.8) is 0 Å². The van der Waals surface area contributed by atoms with Crippen LogP contribution in [0.2, 0.25) is 0 Å². The van der Waals surface area contributed by atoms with Crippen LogP contribution < -0.4 is 10.9 Å². The van der Waals surface area contributed by atoms with Crippen LogP contribution in [-0.2, 0) is 14.3 Å². The predicted molar refractivity (Wildman–Crippen MR) is 77.4 cm³/mol. The lowest BCUT2D eigenvalue weighted by atomic mass is 10.1. The molecule has 8 nitrogen and oxygen atoms in total. The number of ether oxygens (including phenoxy) is 1. The van der Waals surface area contributed by atoms with Crippen LogP contribution in [0.1, 0.15) is 20.3 Å². The molecule has 0 bridgehead atoms. The Balaban J connectivity index is 1.83. The highest BCUT2D eigenvalue weighted by Gasteiger charge is 2.28. The van der Waals surface area contributed by atoms with E-state index in [1.807, 2.05) is 11.9 Å².